The van der Waals surface area contributed by atoms with Crippen LogP contribution in [0, 0.1) is 5.92 Å². The Bertz CT molecular complexity index is 246. The summed E-state index contributed by atoms with van der Waals surface area (Å²) in [6.07, 6.45) is 0.667. The molecule has 1 aliphatic rings. The highest BCUT2D eigenvalue weighted by Crippen LogP contribution is 2.15. The van der Waals surface area contributed by atoms with Gasteiger partial charge in [-0.05, 0) is 33.1 Å². The van der Waals surface area contributed by atoms with Crippen LogP contribution in [-0.2, 0) is 4.74 Å². The second-order valence-electron chi connectivity index (χ2n) is 5.84. The molecular formula is C12H24N2O2. The Morgan fingerprint density at radius 2 is 2.06 bits per heavy atom. The summed E-state index contributed by atoms with van der Waals surface area (Å²) in [5, 5.41) is 6.30. The highest BCUT2D eigenvalue weighted by Gasteiger charge is 2.28. The molecule has 94 valence electrons. The van der Waals surface area contributed by atoms with E-state index < -0.39 is 5.60 Å². The molecule has 0 radical (unpaired) electrons. The highest BCUT2D eigenvalue weighted by atomic mass is 16.6. The second kappa shape index (κ2) is 5.04. The summed E-state index contributed by atoms with van der Waals surface area (Å²) in [7, 11) is 0. The van der Waals surface area contributed by atoms with Gasteiger partial charge in [-0.3, -0.25) is 0 Å². The molecule has 4 nitrogen and oxygen atoms in total. The molecule has 0 aromatic rings. The van der Waals surface area contributed by atoms with Gasteiger partial charge in [-0.2, -0.15) is 0 Å². The maximum atomic E-state index is 11.5. The zero-order valence-corrected chi connectivity index (χ0v) is 11.0. The molecule has 0 aliphatic carbocycles. The van der Waals surface area contributed by atoms with E-state index in [0.717, 1.165) is 13.0 Å². The van der Waals surface area contributed by atoms with E-state index in [-0.39, 0.29) is 12.1 Å². The third-order valence-corrected chi connectivity index (χ3v) is 2.69. The van der Waals surface area contributed by atoms with Gasteiger partial charge in [0.1, 0.15) is 5.60 Å². The predicted molar refractivity (Wildman–Crippen MR) is 64.4 cm³/mol. The van der Waals surface area contributed by atoms with Crippen LogP contribution in [-0.4, -0.2) is 30.3 Å². The molecule has 1 amide bonds. The van der Waals surface area contributed by atoms with E-state index in [1.807, 2.05) is 20.8 Å². The van der Waals surface area contributed by atoms with E-state index in [2.05, 4.69) is 24.5 Å². The Morgan fingerprint density at radius 1 is 1.44 bits per heavy atom. The molecule has 2 N–H and O–H groups in total. The number of ether oxygens (including phenoxy) is 1. The van der Waals surface area contributed by atoms with Gasteiger partial charge >= 0.3 is 6.09 Å². The fourth-order valence-electron chi connectivity index (χ4n) is 1.86. The normalized spacial score (nSPS) is 25.9. The number of amides is 1. The lowest BCUT2D eigenvalue weighted by atomic mass is 10.0. The van der Waals surface area contributed by atoms with Crippen molar-refractivity contribution in [2.75, 3.05) is 6.54 Å². The van der Waals surface area contributed by atoms with Crippen LogP contribution in [0.15, 0.2) is 0 Å². The Labute approximate surface area is 98.1 Å². The molecule has 0 saturated carbocycles. The first-order valence-electron chi connectivity index (χ1n) is 6.01. The molecule has 0 spiro atoms. The molecule has 0 aromatic heterocycles. The smallest absolute Gasteiger partial charge is 0.407 e. The summed E-state index contributed by atoms with van der Waals surface area (Å²) in [5.41, 5.74) is -0.423. The fourth-order valence-corrected chi connectivity index (χ4v) is 1.86. The molecule has 1 rings (SSSR count). The molecule has 4 heteroatoms. The SMILES string of the molecule is CC(C)C1CC(NC(=O)OC(C)(C)C)CN1. The van der Waals surface area contributed by atoms with Crippen molar-refractivity contribution in [1.82, 2.24) is 10.6 Å². The first-order chi connectivity index (χ1) is 7.28. The molecule has 2 atom stereocenters. The molecule has 0 bridgehead atoms. The van der Waals surface area contributed by atoms with Crippen LogP contribution in [0.4, 0.5) is 4.79 Å². The van der Waals surface area contributed by atoms with E-state index in [1.165, 1.54) is 0 Å². The van der Waals surface area contributed by atoms with Crippen molar-refractivity contribution in [2.45, 2.75) is 58.7 Å². The quantitative estimate of drug-likeness (QED) is 0.759. The lowest BCUT2D eigenvalue weighted by Gasteiger charge is -2.21. The number of alkyl carbamates (subject to hydrolysis) is 1. The van der Waals surface area contributed by atoms with Gasteiger partial charge in [-0.1, -0.05) is 13.8 Å². The van der Waals surface area contributed by atoms with E-state index in [4.69, 9.17) is 4.74 Å². The molecular weight excluding hydrogens is 204 g/mol. The van der Waals surface area contributed by atoms with Gasteiger partial charge < -0.3 is 15.4 Å². The van der Waals surface area contributed by atoms with Crippen molar-refractivity contribution in [1.29, 1.82) is 0 Å². The average molecular weight is 228 g/mol. The first kappa shape index (κ1) is 13.3. The Kier molecular flexibility index (Phi) is 4.19. The fraction of sp³-hybridized carbons (Fsp3) is 0.917. The maximum absolute atomic E-state index is 11.5. The van der Waals surface area contributed by atoms with Crippen molar-refractivity contribution < 1.29 is 9.53 Å². The third-order valence-electron chi connectivity index (χ3n) is 2.69. The minimum Gasteiger partial charge on any atom is -0.444 e. The van der Waals surface area contributed by atoms with Gasteiger partial charge in [0.15, 0.2) is 0 Å². The lowest BCUT2D eigenvalue weighted by molar-refractivity contribution is 0.0507. The van der Waals surface area contributed by atoms with E-state index in [9.17, 15) is 4.79 Å². The standard InChI is InChI=1S/C12H24N2O2/c1-8(2)10-6-9(7-13-10)14-11(15)16-12(3,4)5/h8-10,13H,6-7H2,1-5H3,(H,14,15). The molecule has 1 saturated heterocycles. The van der Waals surface area contributed by atoms with Gasteiger partial charge in [-0.25, -0.2) is 4.79 Å². The van der Waals surface area contributed by atoms with Crippen LogP contribution in [0.25, 0.3) is 0 Å². The van der Waals surface area contributed by atoms with Crippen molar-refractivity contribution in [3.63, 3.8) is 0 Å². The number of rotatable bonds is 2. The average Bonchev–Trinajstić information content (AvgIpc) is 2.48. The summed E-state index contributed by atoms with van der Waals surface area (Å²) >= 11 is 0. The highest BCUT2D eigenvalue weighted by molar-refractivity contribution is 5.68. The van der Waals surface area contributed by atoms with E-state index >= 15 is 0 Å². The summed E-state index contributed by atoms with van der Waals surface area (Å²) < 4.78 is 5.22. The van der Waals surface area contributed by atoms with Gasteiger partial charge in [0, 0.05) is 18.6 Å². The molecule has 1 fully saturated rings. The van der Waals surface area contributed by atoms with E-state index in [1.54, 1.807) is 0 Å². The summed E-state index contributed by atoms with van der Waals surface area (Å²) in [6.45, 7) is 10.8. The topological polar surface area (TPSA) is 50.4 Å². The minimum atomic E-state index is -0.423. The number of hydrogen-bond acceptors (Lipinski definition) is 3. The molecule has 16 heavy (non-hydrogen) atoms. The Hall–Kier alpha value is -0.770. The van der Waals surface area contributed by atoms with Crippen molar-refractivity contribution in [2.24, 2.45) is 5.92 Å². The molecule has 0 aromatic carbocycles. The van der Waals surface area contributed by atoms with Gasteiger partial charge in [0.2, 0.25) is 0 Å². The molecule has 2 unspecified atom stereocenters. The summed E-state index contributed by atoms with van der Waals surface area (Å²) in [4.78, 5) is 11.5. The van der Waals surface area contributed by atoms with Crippen LogP contribution < -0.4 is 10.6 Å². The number of nitrogens with one attached hydrogen (secondary N) is 2. The summed E-state index contributed by atoms with van der Waals surface area (Å²) in [6, 6.07) is 0.696. The number of carbonyl (C=O) groups is 1. The van der Waals surface area contributed by atoms with Gasteiger partial charge in [0.05, 0.1) is 0 Å². The zero-order chi connectivity index (χ0) is 12.3. The van der Waals surface area contributed by atoms with Crippen LogP contribution in [0.1, 0.15) is 41.0 Å². The van der Waals surface area contributed by atoms with Crippen LogP contribution >= 0.6 is 0 Å². The first-order valence-corrected chi connectivity index (χ1v) is 6.01. The van der Waals surface area contributed by atoms with Crippen molar-refractivity contribution >= 4 is 6.09 Å². The van der Waals surface area contributed by atoms with Crippen molar-refractivity contribution in [3.8, 4) is 0 Å². The molecule has 1 heterocycles. The third kappa shape index (κ3) is 4.39. The van der Waals surface area contributed by atoms with Crippen molar-refractivity contribution in [3.05, 3.63) is 0 Å². The lowest BCUT2D eigenvalue weighted by Crippen LogP contribution is -2.40. The maximum Gasteiger partial charge on any atom is 0.407 e. The minimum absolute atomic E-state index is 0.197. The van der Waals surface area contributed by atoms with Crippen LogP contribution in [0.2, 0.25) is 0 Å². The van der Waals surface area contributed by atoms with Crippen LogP contribution in [0.5, 0.6) is 0 Å². The predicted octanol–water partition coefficient (Wildman–Crippen LogP) is 1.90. The molecule has 1 aliphatic heterocycles. The second-order valence-corrected chi connectivity index (χ2v) is 5.84. The zero-order valence-electron chi connectivity index (χ0n) is 11.0. The summed E-state index contributed by atoms with van der Waals surface area (Å²) in [5.74, 6) is 0.602. The van der Waals surface area contributed by atoms with Crippen LogP contribution in [0.3, 0.4) is 0 Å². The van der Waals surface area contributed by atoms with E-state index in [0.29, 0.717) is 12.0 Å². The monoisotopic (exact) mass is 228 g/mol. The number of hydrogen-bond donors (Lipinski definition) is 2. The largest absolute Gasteiger partial charge is 0.444 e. The van der Waals surface area contributed by atoms with Gasteiger partial charge in [0.25, 0.3) is 0 Å². The number of carbonyl (C=O) groups excluding carboxylic acids is 1. The Morgan fingerprint density at radius 3 is 2.50 bits per heavy atom. The Balaban J connectivity index is 2.32. The van der Waals surface area contributed by atoms with Gasteiger partial charge in [-0.15, -0.1) is 0 Å².